The highest BCUT2D eigenvalue weighted by Crippen LogP contribution is 2.35. The molecule has 1 aromatic rings. The first kappa shape index (κ1) is 12.5. The van der Waals surface area contributed by atoms with Gasteiger partial charge in [-0.1, -0.05) is 6.07 Å². The van der Waals surface area contributed by atoms with Crippen LogP contribution in [0.15, 0.2) is 12.1 Å². The van der Waals surface area contributed by atoms with Gasteiger partial charge >= 0.3 is 5.97 Å². The smallest absolute Gasteiger partial charge is 0.303 e. The van der Waals surface area contributed by atoms with Gasteiger partial charge in [-0.25, -0.2) is 4.39 Å². The predicted molar refractivity (Wildman–Crippen MR) is 64.0 cm³/mol. The van der Waals surface area contributed by atoms with E-state index in [0.29, 0.717) is 18.4 Å². The number of aryl methyl sites for hydroxylation is 1. The Morgan fingerprint density at radius 3 is 2.89 bits per heavy atom. The van der Waals surface area contributed by atoms with Crippen molar-refractivity contribution in [3.63, 3.8) is 0 Å². The van der Waals surface area contributed by atoms with Crippen LogP contribution in [-0.4, -0.2) is 17.0 Å². The third-order valence-corrected chi connectivity index (χ3v) is 3.14. The predicted octanol–water partition coefficient (Wildman–Crippen LogP) is 2.29. The monoisotopic (exact) mass is 251 g/mol. The SMILES string of the molecule is CC1C(=O)Nc2c(F)cc(CCCC(=O)O)cc21. The standard InChI is InChI=1S/C13H14FNO3/c1-7-9-5-8(3-2-4-11(16)17)6-10(14)12(9)15-13(7)18/h5-7H,2-4H2,1H3,(H,15,18)(H,16,17). The molecule has 0 saturated carbocycles. The molecule has 1 aliphatic heterocycles. The number of carboxylic acids is 1. The van der Waals surface area contributed by atoms with E-state index >= 15 is 0 Å². The second-order valence-electron chi connectivity index (χ2n) is 4.50. The molecule has 5 heteroatoms. The lowest BCUT2D eigenvalue weighted by molar-refractivity contribution is -0.137. The molecule has 0 radical (unpaired) electrons. The fourth-order valence-corrected chi connectivity index (χ4v) is 2.12. The van der Waals surface area contributed by atoms with Crippen LogP contribution in [0.4, 0.5) is 10.1 Å². The van der Waals surface area contributed by atoms with Crippen molar-refractivity contribution in [1.82, 2.24) is 0 Å². The van der Waals surface area contributed by atoms with E-state index in [1.165, 1.54) is 6.07 Å². The zero-order valence-electron chi connectivity index (χ0n) is 10.00. The molecule has 0 aliphatic carbocycles. The lowest BCUT2D eigenvalue weighted by atomic mass is 9.98. The summed E-state index contributed by atoms with van der Waals surface area (Å²) in [5, 5.41) is 11.1. The number of halogens is 1. The molecule has 0 bridgehead atoms. The summed E-state index contributed by atoms with van der Waals surface area (Å²) >= 11 is 0. The zero-order valence-corrected chi connectivity index (χ0v) is 10.00. The summed E-state index contributed by atoms with van der Waals surface area (Å²) in [6.45, 7) is 1.72. The van der Waals surface area contributed by atoms with Crippen molar-refractivity contribution in [2.45, 2.75) is 32.1 Å². The third-order valence-electron chi connectivity index (χ3n) is 3.14. The van der Waals surface area contributed by atoms with Gasteiger partial charge in [-0.3, -0.25) is 9.59 Å². The molecule has 0 spiro atoms. The summed E-state index contributed by atoms with van der Waals surface area (Å²) in [5.41, 5.74) is 1.65. The molecule has 18 heavy (non-hydrogen) atoms. The van der Waals surface area contributed by atoms with E-state index in [9.17, 15) is 14.0 Å². The second kappa shape index (κ2) is 4.76. The zero-order chi connectivity index (χ0) is 13.3. The van der Waals surface area contributed by atoms with Crippen molar-refractivity contribution in [3.8, 4) is 0 Å². The lowest BCUT2D eigenvalue weighted by Gasteiger charge is -2.07. The number of hydrogen-bond acceptors (Lipinski definition) is 2. The summed E-state index contributed by atoms with van der Waals surface area (Å²) < 4.78 is 13.8. The largest absolute Gasteiger partial charge is 0.481 e. The van der Waals surface area contributed by atoms with Crippen molar-refractivity contribution < 1.29 is 19.1 Å². The van der Waals surface area contributed by atoms with Crippen LogP contribution < -0.4 is 5.32 Å². The minimum atomic E-state index is -0.859. The molecule has 0 aromatic heterocycles. The van der Waals surface area contributed by atoms with E-state index in [1.807, 2.05) is 0 Å². The van der Waals surface area contributed by atoms with Crippen LogP contribution in [0.5, 0.6) is 0 Å². The number of carboxylic acid groups (broad SMARTS) is 1. The highest BCUT2D eigenvalue weighted by Gasteiger charge is 2.29. The van der Waals surface area contributed by atoms with E-state index in [0.717, 1.165) is 5.56 Å². The second-order valence-corrected chi connectivity index (χ2v) is 4.50. The molecule has 0 saturated heterocycles. The Morgan fingerprint density at radius 2 is 2.22 bits per heavy atom. The van der Waals surface area contributed by atoms with Crippen LogP contribution in [0.25, 0.3) is 0 Å². The minimum absolute atomic E-state index is 0.0610. The minimum Gasteiger partial charge on any atom is -0.481 e. The van der Waals surface area contributed by atoms with Crippen molar-refractivity contribution in [3.05, 3.63) is 29.1 Å². The average Bonchev–Trinajstić information content (AvgIpc) is 2.57. The van der Waals surface area contributed by atoms with Gasteiger partial charge in [0, 0.05) is 6.42 Å². The van der Waals surface area contributed by atoms with E-state index in [2.05, 4.69) is 5.32 Å². The highest BCUT2D eigenvalue weighted by atomic mass is 19.1. The average molecular weight is 251 g/mol. The Hall–Kier alpha value is -1.91. The topological polar surface area (TPSA) is 66.4 Å². The Morgan fingerprint density at radius 1 is 1.50 bits per heavy atom. The summed E-state index contributed by atoms with van der Waals surface area (Å²) in [7, 11) is 0. The van der Waals surface area contributed by atoms with Crippen molar-refractivity contribution in [2.24, 2.45) is 0 Å². The maximum atomic E-state index is 13.8. The number of hydrogen-bond donors (Lipinski definition) is 2. The molecule has 96 valence electrons. The van der Waals surface area contributed by atoms with Gasteiger partial charge in [-0.2, -0.15) is 0 Å². The summed E-state index contributed by atoms with van der Waals surface area (Å²) in [6, 6.07) is 3.14. The molecule has 2 N–H and O–H groups in total. The number of nitrogens with one attached hydrogen (secondary N) is 1. The lowest BCUT2D eigenvalue weighted by Crippen LogP contribution is -2.08. The van der Waals surface area contributed by atoms with Crippen LogP contribution in [-0.2, 0) is 16.0 Å². The van der Waals surface area contributed by atoms with Gasteiger partial charge < -0.3 is 10.4 Å². The van der Waals surface area contributed by atoms with E-state index in [1.54, 1.807) is 13.0 Å². The Bertz CT molecular complexity index is 513. The van der Waals surface area contributed by atoms with Gasteiger partial charge in [0.15, 0.2) is 0 Å². The Labute approximate surface area is 104 Å². The fraction of sp³-hybridized carbons (Fsp3) is 0.385. The molecule has 1 heterocycles. The first-order valence-electron chi connectivity index (χ1n) is 5.84. The molecule has 1 unspecified atom stereocenters. The molecule has 4 nitrogen and oxygen atoms in total. The van der Waals surface area contributed by atoms with Gasteiger partial charge in [0.05, 0.1) is 11.6 Å². The third kappa shape index (κ3) is 2.34. The number of carbonyl (C=O) groups excluding carboxylic acids is 1. The van der Waals surface area contributed by atoms with Gasteiger partial charge in [0.1, 0.15) is 5.82 Å². The van der Waals surface area contributed by atoms with E-state index < -0.39 is 11.8 Å². The van der Waals surface area contributed by atoms with Crippen molar-refractivity contribution >= 4 is 17.6 Å². The molecular formula is C13H14FNO3. The first-order chi connectivity index (χ1) is 8.49. The molecule has 1 aromatic carbocycles. The molecule has 1 atom stereocenters. The number of aliphatic carboxylic acids is 1. The van der Waals surface area contributed by atoms with Crippen molar-refractivity contribution in [2.75, 3.05) is 5.32 Å². The number of benzene rings is 1. The summed E-state index contributed by atoms with van der Waals surface area (Å²) in [5.74, 6) is -1.86. The molecule has 2 rings (SSSR count). The van der Waals surface area contributed by atoms with Crippen LogP contribution in [0.3, 0.4) is 0 Å². The summed E-state index contributed by atoms with van der Waals surface area (Å²) in [4.78, 5) is 21.9. The number of fused-ring (bicyclic) bond motifs is 1. The van der Waals surface area contributed by atoms with Gasteiger partial charge in [0.2, 0.25) is 5.91 Å². The number of rotatable bonds is 4. The highest BCUT2D eigenvalue weighted by molar-refractivity contribution is 6.02. The van der Waals surface area contributed by atoms with Crippen LogP contribution in [0.1, 0.15) is 36.8 Å². The number of amides is 1. The first-order valence-corrected chi connectivity index (χ1v) is 5.84. The Balaban J connectivity index is 2.18. The van der Waals surface area contributed by atoms with E-state index in [4.69, 9.17) is 5.11 Å². The van der Waals surface area contributed by atoms with Gasteiger partial charge in [0.25, 0.3) is 0 Å². The van der Waals surface area contributed by atoms with Gasteiger partial charge in [-0.15, -0.1) is 0 Å². The van der Waals surface area contributed by atoms with Gasteiger partial charge in [-0.05, 0) is 37.0 Å². The number of anilines is 1. The quantitative estimate of drug-likeness (QED) is 0.862. The fourth-order valence-electron chi connectivity index (χ4n) is 2.12. The Kier molecular flexibility index (Phi) is 3.32. The molecular weight excluding hydrogens is 237 g/mol. The molecule has 1 aliphatic rings. The van der Waals surface area contributed by atoms with Crippen molar-refractivity contribution in [1.29, 1.82) is 0 Å². The molecule has 0 fully saturated rings. The molecule has 1 amide bonds. The normalized spacial score (nSPS) is 17.4. The van der Waals surface area contributed by atoms with Crippen LogP contribution in [0, 0.1) is 5.82 Å². The van der Waals surface area contributed by atoms with E-state index in [-0.39, 0.29) is 23.9 Å². The maximum absolute atomic E-state index is 13.8. The van der Waals surface area contributed by atoms with Crippen LogP contribution in [0.2, 0.25) is 0 Å². The summed E-state index contributed by atoms with van der Waals surface area (Å²) in [6.07, 6.45) is 1.02. The number of carbonyl (C=O) groups is 2. The van der Waals surface area contributed by atoms with Crippen LogP contribution >= 0.6 is 0 Å². The maximum Gasteiger partial charge on any atom is 0.303 e.